The van der Waals surface area contributed by atoms with Crippen LogP contribution in [0.3, 0.4) is 0 Å². The summed E-state index contributed by atoms with van der Waals surface area (Å²) in [4.78, 5) is 4.96. The summed E-state index contributed by atoms with van der Waals surface area (Å²) in [5.41, 5.74) is 2.62. The van der Waals surface area contributed by atoms with Crippen LogP contribution in [0.15, 0.2) is 24.3 Å². The van der Waals surface area contributed by atoms with Crippen LogP contribution in [0.25, 0.3) is 11.4 Å². The Bertz CT molecular complexity index is 772. The molecule has 1 aromatic heterocycles. The predicted octanol–water partition coefficient (Wildman–Crippen LogP) is 4.90. The van der Waals surface area contributed by atoms with E-state index >= 15 is 0 Å². The van der Waals surface area contributed by atoms with Crippen LogP contribution in [0.5, 0.6) is 0 Å². The maximum absolute atomic E-state index is 5.09. The average molecular weight is 336 g/mol. The van der Waals surface area contributed by atoms with Crippen molar-refractivity contribution in [2.24, 2.45) is 5.92 Å². The number of nitrogens with zero attached hydrogens (tertiary/aromatic N) is 3. The van der Waals surface area contributed by atoms with Gasteiger partial charge in [-0.1, -0.05) is 56.4 Å². The summed E-state index contributed by atoms with van der Waals surface area (Å²) < 4.78 is 2.32. The van der Waals surface area contributed by atoms with Crippen molar-refractivity contribution in [3.8, 4) is 11.4 Å². The molecule has 1 spiro atoms. The first-order chi connectivity index (χ1) is 12.3. The highest BCUT2D eigenvalue weighted by Gasteiger charge is 2.51. The van der Waals surface area contributed by atoms with Crippen LogP contribution in [0.1, 0.15) is 63.4 Å². The lowest BCUT2D eigenvalue weighted by Gasteiger charge is -2.52. The second-order valence-corrected chi connectivity index (χ2v) is 8.29. The molecule has 1 aromatic carbocycles. The first-order valence-electron chi connectivity index (χ1n) is 10.1. The van der Waals surface area contributed by atoms with Gasteiger partial charge in [-0.25, -0.2) is 4.68 Å². The van der Waals surface area contributed by atoms with E-state index in [2.05, 4.69) is 41.2 Å². The molecule has 2 aromatic rings. The molecule has 2 heterocycles. The zero-order chi connectivity index (χ0) is 16.9. The number of nitrogens with one attached hydrogen (secondary N) is 1. The van der Waals surface area contributed by atoms with Crippen LogP contribution in [0, 0.1) is 12.8 Å². The van der Waals surface area contributed by atoms with E-state index in [0.717, 1.165) is 17.7 Å². The normalized spacial score (nSPS) is 27.4. The van der Waals surface area contributed by atoms with E-state index in [4.69, 9.17) is 10.1 Å². The van der Waals surface area contributed by atoms with Gasteiger partial charge in [0.15, 0.2) is 5.82 Å². The first kappa shape index (κ1) is 15.4. The van der Waals surface area contributed by atoms with Gasteiger partial charge in [-0.2, -0.15) is 4.98 Å². The summed E-state index contributed by atoms with van der Waals surface area (Å²) in [6.07, 6.45) is 12.0. The molecule has 2 atom stereocenters. The van der Waals surface area contributed by atoms with Gasteiger partial charge in [-0.05, 0) is 38.2 Å². The fraction of sp³-hybridized carbons (Fsp3) is 0.619. The van der Waals surface area contributed by atoms with Crippen molar-refractivity contribution in [2.45, 2.75) is 76.3 Å². The summed E-state index contributed by atoms with van der Waals surface area (Å²) in [7, 11) is 0. The minimum atomic E-state index is 0.206. The number of rotatable bonds is 1. The Hall–Kier alpha value is -1.84. The van der Waals surface area contributed by atoms with Crippen LogP contribution < -0.4 is 5.32 Å². The number of benzene rings is 1. The molecule has 1 N–H and O–H groups in total. The molecular formula is C21H28N4. The molecule has 5 rings (SSSR count). The van der Waals surface area contributed by atoms with Gasteiger partial charge < -0.3 is 5.32 Å². The van der Waals surface area contributed by atoms with Crippen molar-refractivity contribution in [2.75, 3.05) is 5.32 Å². The standard InChI is InChI=1S/C21H28N4/c1-15-9-3-4-10-16(15)19-23-20-22-18-12-6-5-11-17(18)21(25(20)24-19)13-7-2-8-14-21/h3-4,9-10,17-18H,2,5-8,11-14H2,1H3,(H,22,23,24)/t17-,18+/m1/s1. The van der Waals surface area contributed by atoms with Gasteiger partial charge in [0.1, 0.15) is 0 Å². The largest absolute Gasteiger partial charge is 0.351 e. The predicted molar refractivity (Wildman–Crippen MR) is 101 cm³/mol. The summed E-state index contributed by atoms with van der Waals surface area (Å²) in [5, 5.41) is 8.86. The quantitative estimate of drug-likeness (QED) is 0.805. The Morgan fingerprint density at radius 3 is 2.68 bits per heavy atom. The van der Waals surface area contributed by atoms with Gasteiger partial charge in [-0.15, -0.1) is 5.10 Å². The highest BCUT2D eigenvalue weighted by atomic mass is 15.5. The zero-order valence-corrected chi connectivity index (χ0v) is 15.2. The Balaban J connectivity index is 1.64. The highest BCUT2D eigenvalue weighted by Crippen LogP contribution is 2.51. The van der Waals surface area contributed by atoms with Gasteiger partial charge in [0.05, 0.1) is 5.54 Å². The zero-order valence-electron chi connectivity index (χ0n) is 15.2. The van der Waals surface area contributed by atoms with Crippen LogP contribution in [-0.4, -0.2) is 20.8 Å². The van der Waals surface area contributed by atoms with Crippen molar-refractivity contribution in [1.29, 1.82) is 0 Å². The van der Waals surface area contributed by atoms with Crippen LogP contribution in [0.2, 0.25) is 0 Å². The molecule has 0 radical (unpaired) electrons. The fourth-order valence-corrected chi connectivity index (χ4v) is 5.67. The molecule has 0 bridgehead atoms. The molecule has 0 saturated heterocycles. The molecule has 25 heavy (non-hydrogen) atoms. The topological polar surface area (TPSA) is 42.7 Å². The SMILES string of the molecule is Cc1ccccc1-c1nc2n(n1)C1(CCCCC1)[C@@H]1CCCC[C@@H]1N2. The third-order valence-corrected chi connectivity index (χ3v) is 6.90. The van der Waals surface area contributed by atoms with Gasteiger partial charge >= 0.3 is 0 Å². The fourth-order valence-electron chi connectivity index (χ4n) is 5.67. The number of hydrogen-bond acceptors (Lipinski definition) is 3. The van der Waals surface area contributed by atoms with Crippen molar-refractivity contribution in [1.82, 2.24) is 14.8 Å². The monoisotopic (exact) mass is 336 g/mol. The van der Waals surface area contributed by atoms with Gasteiger partial charge in [0.25, 0.3) is 0 Å². The Labute approximate surface area is 150 Å². The molecule has 1 aliphatic heterocycles. The molecule has 4 nitrogen and oxygen atoms in total. The second-order valence-electron chi connectivity index (χ2n) is 8.29. The van der Waals surface area contributed by atoms with E-state index in [1.807, 2.05) is 0 Å². The summed E-state index contributed by atoms with van der Waals surface area (Å²) in [6, 6.07) is 9.07. The summed E-state index contributed by atoms with van der Waals surface area (Å²) in [5.74, 6) is 2.63. The number of anilines is 1. The lowest BCUT2D eigenvalue weighted by molar-refractivity contribution is 0.0455. The Morgan fingerprint density at radius 1 is 1.04 bits per heavy atom. The Kier molecular flexibility index (Phi) is 3.61. The molecule has 4 heteroatoms. The number of hydrogen-bond donors (Lipinski definition) is 1. The van der Waals surface area contributed by atoms with Crippen molar-refractivity contribution >= 4 is 5.95 Å². The van der Waals surface area contributed by atoms with E-state index in [0.29, 0.717) is 6.04 Å². The van der Waals surface area contributed by atoms with Crippen molar-refractivity contribution in [3.05, 3.63) is 29.8 Å². The lowest BCUT2D eigenvalue weighted by atomic mass is 9.64. The minimum Gasteiger partial charge on any atom is -0.351 e. The van der Waals surface area contributed by atoms with E-state index in [1.54, 1.807) is 0 Å². The Morgan fingerprint density at radius 2 is 1.84 bits per heavy atom. The third kappa shape index (κ3) is 2.33. The first-order valence-corrected chi connectivity index (χ1v) is 10.1. The molecule has 2 aliphatic carbocycles. The molecule has 3 aliphatic rings. The van der Waals surface area contributed by atoms with E-state index in [1.165, 1.54) is 68.9 Å². The van der Waals surface area contributed by atoms with Crippen LogP contribution >= 0.6 is 0 Å². The third-order valence-electron chi connectivity index (χ3n) is 6.90. The van der Waals surface area contributed by atoms with E-state index < -0.39 is 0 Å². The van der Waals surface area contributed by atoms with Crippen LogP contribution in [-0.2, 0) is 5.54 Å². The maximum Gasteiger partial charge on any atom is 0.222 e. The second kappa shape index (κ2) is 5.86. The maximum atomic E-state index is 5.09. The molecule has 132 valence electrons. The van der Waals surface area contributed by atoms with E-state index in [9.17, 15) is 0 Å². The van der Waals surface area contributed by atoms with Crippen molar-refractivity contribution in [3.63, 3.8) is 0 Å². The minimum absolute atomic E-state index is 0.206. The smallest absolute Gasteiger partial charge is 0.222 e. The molecular weight excluding hydrogens is 308 g/mol. The number of fused-ring (bicyclic) bond motifs is 4. The number of aromatic nitrogens is 3. The van der Waals surface area contributed by atoms with Gasteiger partial charge in [0, 0.05) is 17.5 Å². The van der Waals surface area contributed by atoms with Gasteiger partial charge in [-0.3, -0.25) is 0 Å². The highest BCUT2D eigenvalue weighted by molar-refractivity contribution is 5.61. The lowest BCUT2D eigenvalue weighted by Crippen LogP contribution is -2.55. The molecule has 2 saturated carbocycles. The summed E-state index contributed by atoms with van der Waals surface area (Å²) >= 11 is 0. The molecule has 2 fully saturated rings. The average Bonchev–Trinajstić information content (AvgIpc) is 3.08. The van der Waals surface area contributed by atoms with Crippen LogP contribution in [0.4, 0.5) is 5.95 Å². The van der Waals surface area contributed by atoms with E-state index in [-0.39, 0.29) is 5.54 Å². The molecule has 0 unspecified atom stereocenters. The van der Waals surface area contributed by atoms with Gasteiger partial charge in [0.2, 0.25) is 5.95 Å². The van der Waals surface area contributed by atoms with Crippen molar-refractivity contribution < 1.29 is 0 Å². The summed E-state index contributed by atoms with van der Waals surface area (Å²) in [6.45, 7) is 2.15. The number of aryl methyl sites for hydroxylation is 1. The molecule has 0 amide bonds.